The minimum atomic E-state index is -0.367. The molecule has 2 aromatic rings. The molecule has 26 heavy (non-hydrogen) atoms. The fourth-order valence-corrected chi connectivity index (χ4v) is 4.52. The first kappa shape index (κ1) is 17.1. The monoisotopic (exact) mass is 410 g/mol. The normalized spacial score (nSPS) is 22.7. The lowest BCUT2D eigenvalue weighted by Gasteiger charge is -2.39. The molecule has 0 radical (unpaired) electrons. The molecule has 0 saturated heterocycles. The molecular weight excluding hydrogens is 392 g/mol. The summed E-state index contributed by atoms with van der Waals surface area (Å²) in [5.41, 5.74) is 3.88. The van der Waals surface area contributed by atoms with Crippen LogP contribution in [-0.4, -0.2) is 18.4 Å². The van der Waals surface area contributed by atoms with E-state index in [0.717, 1.165) is 52.9 Å². The highest BCUT2D eigenvalue weighted by atomic mass is 79.9. The van der Waals surface area contributed by atoms with Gasteiger partial charge in [-0.05, 0) is 54.7 Å². The van der Waals surface area contributed by atoms with Gasteiger partial charge in [0.25, 0.3) is 0 Å². The van der Waals surface area contributed by atoms with Crippen molar-refractivity contribution in [2.75, 3.05) is 7.11 Å². The van der Waals surface area contributed by atoms with Crippen molar-refractivity contribution >= 4 is 21.6 Å². The molecule has 0 fully saturated rings. The van der Waals surface area contributed by atoms with E-state index < -0.39 is 0 Å². The fourth-order valence-electron chi connectivity index (χ4n) is 4.16. The van der Waals surface area contributed by atoms with E-state index in [-0.39, 0.29) is 5.60 Å². The molecule has 2 aliphatic rings. The maximum atomic E-state index is 9.18. The molecule has 1 heterocycles. The van der Waals surface area contributed by atoms with Crippen LogP contribution in [0.5, 0.6) is 11.5 Å². The summed E-state index contributed by atoms with van der Waals surface area (Å²) in [7, 11) is 1.72. The van der Waals surface area contributed by atoms with Crippen molar-refractivity contribution in [2.24, 2.45) is 4.99 Å². The number of ether oxygens (including phenoxy) is 2. The number of aliphatic imine (C=N–C) groups is 1. The van der Waals surface area contributed by atoms with Gasteiger partial charge in [0.2, 0.25) is 6.19 Å². The molecule has 0 amide bonds. The van der Waals surface area contributed by atoms with Crippen molar-refractivity contribution < 1.29 is 9.47 Å². The van der Waals surface area contributed by atoms with Gasteiger partial charge in [-0.3, -0.25) is 0 Å². The predicted molar refractivity (Wildman–Crippen MR) is 104 cm³/mol. The van der Waals surface area contributed by atoms with Gasteiger partial charge in [0.1, 0.15) is 17.1 Å². The van der Waals surface area contributed by atoms with Crippen LogP contribution in [0, 0.1) is 11.5 Å². The summed E-state index contributed by atoms with van der Waals surface area (Å²) in [5, 5.41) is 9.18. The van der Waals surface area contributed by atoms with Crippen molar-refractivity contribution in [1.82, 2.24) is 0 Å². The third kappa shape index (κ3) is 2.99. The second kappa shape index (κ2) is 6.77. The molecule has 1 atom stereocenters. The Hall–Kier alpha value is -2.32. The van der Waals surface area contributed by atoms with Crippen LogP contribution in [0.25, 0.3) is 0 Å². The molecule has 0 saturated carbocycles. The van der Waals surface area contributed by atoms with Crippen LogP contribution in [0.2, 0.25) is 0 Å². The Balaban J connectivity index is 1.78. The van der Waals surface area contributed by atoms with Crippen molar-refractivity contribution in [2.45, 2.75) is 37.7 Å². The van der Waals surface area contributed by atoms with Crippen LogP contribution < -0.4 is 9.47 Å². The van der Waals surface area contributed by atoms with Crippen LogP contribution in [0.4, 0.5) is 0 Å². The predicted octanol–water partition coefficient (Wildman–Crippen LogP) is 4.83. The molecule has 1 aliphatic heterocycles. The summed E-state index contributed by atoms with van der Waals surface area (Å²) in [5.74, 6) is 1.76. The average molecular weight is 411 g/mol. The number of nitriles is 1. The lowest BCUT2D eigenvalue weighted by atomic mass is 9.82. The van der Waals surface area contributed by atoms with Crippen LogP contribution >= 0.6 is 15.9 Å². The first-order chi connectivity index (χ1) is 12.6. The Morgan fingerprint density at radius 2 is 2.15 bits per heavy atom. The number of methoxy groups -OCH3 is 1. The van der Waals surface area contributed by atoms with Gasteiger partial charge in [-0.1, -0.05) is 28.1 Å². The second-order valence-corrected chi connectivity index (χ2v) is 7.80. The number of halogens is 1. The number of fused-ring (bicyclic) bond motifs is 2. The Bertz CT molecular complexity index is 932. The highest BCUT2D eigenvalue weighted by molar-refractivity contribution is 9.10. The molecule has 1 spiro atoms. The van der Waals surface area contributed by atoms with Crippen LogP contribution in [-0.2, 0) is 12.8 Å². The van der Waals surface area contributed by atoms with Gasteiger partial charge in [-0.15, -0.1) is 0 Å². The zero-order valence-corrected chi connectivity index (χ0v) is 16.2. The molecular formula is C21H19BrN2O2. The molecule has 1 aliphatic carbocycles. The van der Waals surface area contributed by atoms with Crippen molar-refractivity contribution in [3.8, 4) is 17.7 Å². The fraction of sp³-hybridized carbons (Fsp3) is 0.333. The average Bonchev–Trinajstić information content (AvgIpc) is 2.81. The van der Waals surface area contributed by atoms with Crippen molar-refractivity contribution in [3.63, 3.8) is 0 Å². The molecule has 4 nitrogen and oxygen atoms in total. The van der Waals surface area contributed by atoms with E-state index in [1.54, 1.807) is 7.11 Å². The highest BCUT2D eigenvalue weighted by Gasteiger charge is 2.41. The Labute approximate surface area is 161 Å². The Kier molecular flexibility index (Phi) is 4.46. The number of benzene rings is 2. The van der Waals surface area contributed by atoms with E-state index in [0.29, 0.717) is 6.42 Å². The summed E-state index contributed by atoms with van der Waals surface area (Å²) in [6.07, 6.45) is 6.31. The first-order valence-electron chi connectivity index (χ1n) is 8.73. The number of hydrogen-bond donors (Lipinski definition) is 0. The summed E-state index contributed by atoms with van der Waals surface area (Å²) in [6, 6.07) is 12.1. The van der Waals surface area contributed by atoms with E-state index in [9.17, 15) is 5.26 Å². The SMILES string of the molecule is COc1cccc2c1CCCC1(C/C(=N\C#N)c3cc(Br)ccc3O1)C2. The maximum Gasteiger partial charge on any atom is 0.205 e. The topological polar surface area (TPSA) is 54.6 Å². The number of hydrogen-bond acceptors (Lipinski definition) is 4. The third-order valence-corrected chi connectivity index (χ3v) is 5.77. The maximum absolute atomic E-state index is 9.18. The molecule has 2 aromatic carbocycles. The van der Waals surface area contributed by atoms with Gasteiger partial charge in [0.05, 0.1) is 12.8 Å². The molecule has 0 aromatic heterocycles. The van der Waals surface area contributed by atoms with E-state index in [4.69, 9.17) is 9.47 Å². The van der Waals surface area contributed by atoms with Crippen LogP contribution in [0.3, 0.4) is 0 Å². The van der Waals surface area contributed by atoms with E-state index in [1.165, 1.54) is 11.1 Å². The molecule has 5 heteroatoms. The van der Waals surface area contributed by atoms with E-state index in [1.807, 2.05) is 36.5 Å². The van der Waals surface area contributed by atoms with E-state index >= 15 is 0 Å². The second-order valence-electron chi connectivity index (χ2n) is 6.89. The third-order valence-electron chi connectivity index (χ3n) is 5.28. The van der Waals surface area contributed by atoms with Gasteiger partial charge in [0, 0.05) is 22.9 Å². The summed E-state index contributed by atoms with van der Waals surface area (Å²) < 4.78 is 13.1. The van der Waals surface area contributed by atoms with Crippen LogP contribution in [0.1, 0.15) is 36.0 Å². The molecule has 0 N–H and O–H groups in total. The number of nitrogens with zero attached hydrogens (tertiary/aromatic N) is 2. The van der Waals surface area contributed by atoms with Gasteiger partial charge in [-0.25, -0.2) is 0 Å². The molecule has 132 valence electrons. The summed E-state index contributed by atoms with van der Waals surface area (Å²) in [4.78, 5) is 4.13. The molecule has 1 unspecified atom stereocenters. The van der Waals surface area contributed by atoms with Gasteiger partial charge in [-0.2, -0.15) is 10.3 Å². The van der Waals surface area contributed by atoms with Crippen molar-refractivity contribution in [3.05, 3.63) is 57.6 Å². The minimum absolute atomic E-state index is 0.367. The van der Waals surface area contributed by atoms with Gasteiger partial charge >= 0.3 is 0 Å². The van der Waals surface area contributed by atoms with Gasteiger partial charge < -0.3 is 9.47 Å². The van der Waals surface area contributed by atoms with Crippen molar-refractivity contribution in [1.29, 1.82) is 5.26 Å². The number of rotatable bonds is 1. The van der Waals surface area contributed by atoms with Gasteiger partial charge in [0.15, 0.2) is 0 Å². The summed E-state index contributed by atoms with van der Waals surface area (Å²) >= 11 is 3.50. The largest absolute Gasteiger partial charge is 0.496 e. The molecule has 4 rings (SSSR count). The lowest BCUT2D eigenvalue weighted by molar-refractivity contribution is 0.0618. The zero-order chi connectivity index (χ0) is 18.1. The minimum Gasteiger partial charge on any atom is -0.496 e. The highest BCUT2D eigenvalue weighted by Crippen LogP contribution is 2.42. The Morgan fingerprint density at radius 3 is 2.96 bits per heavy atom. The standard InChI is InChI=1S/C21H19BrN2O2/c1-25-19-6-2-4-14-11-21(9-3-5-16(14)19)12-18(24-13-23)17-10-15(22)7-8-20(17)26-21/h2,4,6-8,10H,3,5,9,11-12H2,1H3/b24-18+. The summed E-state index contributed by atoms with van der Waals surface area (Å²) in [6.45, 7) is 0. The zero-order valence-electron chi connectivity index (χ0n) is 14.6. The smallest absolute Gasteiger partial charge is 0.205 e. The molecule has 0 bridgehead atoms. The first-order valence-corrected chi connectivity index (χ1v) is 9.53. The quantitative estimate of drug-likeness (QED) is 0.632. The van der Waals surface area contributed by atoms with Crippen LogP contribution in [0.15, 0.2) is 45.9 Å². The lowest BCUT2D eigenvalue weighted by Crippen LogP contribution is -2.43. The van der Waals surface area contributed by atoms with E-state index in [2.05, 4.69) is 27.0 Å². The Morgan fingerprint density at radius 1 is 1.27 bits per heavy atom.